The molecule has 118 valence electrons. The van der Waals surface area contributed by atoms with Crippen molar-refractivity contribution in [1.29, 1.82) is 0 Å². The molecular formula is C15H23NO3S2. The Bertz CT molecular complexity index is 539. The molecule has 0 aliphatic rings. The van der Waals surface area contributed by atoms with E-state index in [0.717, 1.165) is 12.8 Å². The Morgan fingerprint density at radius 2 is 1.81 bits per heavy atom. The Morgan fingerprint density at radius 3 is 2.38 bits per heavy atom. The van der Waals surface area contributed by atoms with E-state index in [1.165, 1.54) is 25.0 Å². The molecule has 0 unspecified atom stereocenters. The molecule has 1 aromatic carbocycles. The summed E-state index contributed by atoms with van der Waals surface area (Å²) in [5.74, 6) is -0.00675. The molecule has 1 rings (SSSR count). The molecule has 0 aliphatic carbocycles. The zero-order valence-electron chi connectivity index (χ0n) is 12.4. The van der Waals surface area contributed by atoms with Gasteiger partial charge >= 0.3 is 0 Å². The minimum Gasteiger partial charge on any atom is -0.389 e. The smallest absolute Gasteiger partial charge is 0.180 e. The standard InChI is InChI=1S/C15H23NO3S2/c1-2-3-4-5-10-19-11-12-21(17,18)14-8-6-13(7-9-14)15(16)20/h6-9H,2-5,10-12H2,1H3,(H2,16,20). The summed E-state index contributed by atoms with van der Waals surface area (Å²) in [5, 5.41) is 0. The van der Waals surface area contributed by atoms with Crippen LogP contribution in [0.15, 0.2) is 29.2 Å². The first-order chi connectivity index (χ1) is 9.97. The maximum atomic E-state index is 12.1. The second-order valence-electron chi connectivity index (χ2n) is 4.88. The van der Waals surface area contributed by atoms with Crippen LogP contribution in [0.2, 0.25) is 0 Å². The van der Waals surface area contributed by atoms with Crippen molar-refractivity contribution in [3.05, 3.63) is 29.8 Å². The number of thiocarbonyl (C=S) groups is 1. The highest BCUT2D eigenvalue weighted by Gasteiger charge is 2.14. The summed E-state index contributed by atoms with van der Waals surface area (Å²) in [4.78, 5) is 0.534. The Balaban J connectivity index is 2.41. The molecule has 0 saturated heterocycles. The molecule has 0 saturated carbocycles. The fourth-order valence-electron chi connectivity index (χ4n) is 1.85. The zero-order valence-corrected chi connectivity index (χ0v) is 14.0. The van der Waals surface area contributed by atoms with E-state index < -0.39 is 9.84 Å². The highest BCUT2D eigenvalue weighted by atomic mass is 32.2. The lowest BCUT2D eigenvalue weighted by Gasteiger charge is -2.07. The fourth-order valence-corrected chi connectivity index (χ4v) is 3.11. The maximum absolute atomic E-state index is 12.1. The number of sulfone groups is 1. The average Bonchev–Trinajstić information content (AvgIpc) is 2.46. The number of hydrogen-bond acceptors (Lipinski definition) is 4. The van der Waals surface area contributed by atoms with E-state index in [0.29, 0.717) is 12.2 Å². The van der Waals surface area contributed by atoms with Crippen LogP contribution in [0.1, 0.15) is 38.2 Å². The normalized spacial score (nSPS) is 11.5. The molecule has 2 N–H and O–H groups in total. The minimum absolute atomic E-state index is 0.00675. The van der Waals surface area contributed by atoms with Gasteiger partial charge < -0.3 is 10.5 Å². The van der Waals surface area contributed by atoms with E-state index in [4.69, 9.17) is 22.7 Å². The third-order valence-electron chi connectivity index (χ3n) is 3.14. The first kappa shape index (κ1) is 18.1. The van der Waals surface area contributed by atoms with Gasteiger partial charge in [0.05, 0.1) is 17.3 Å². The van der Waals surface area contributed by atoms with Crippen molar-refractivity contribution in [3.8, 4) is 0 Å². The van der Waals surface area contributed by atoms with Gasteiger partial charge in [-0.05, 0) is 18.6 Å². The number of nitrogens with two attached hydrogens (primary N) is 1. The van der Waals surface area contributed by atoms with Crippen molar-refractivity contribution in [1.82, 2.24) is 0 Å². The van der Waals surface area contributed by atoms with E-state index in [-0.39, 0.29) is 22.2 Å². The number of hydrogen-bond donors (Lipinski definition) is 1. The predicted octanol–water partition coefficient (Wildman–Crippen LogP) is 2.69. The second kappa shape index (κ2) is 9.12. The summed E-state index contributed by atoms with van der Waals surface area (Å²) in [6, 6.07) is 6.32. The Hall–Kier alpha value is -0.980. The van der Waals surface area contributed by atoms with Crippen molar-refractivity contribution >= 4 is 27.0 Å². The maximum Gasteiger partial charge on any atom is 0.180 e. The quantitative estimate of drug-likeness (QED) is 0.528. The van der Waals surface area contributed by atoms with Crippen LogP contribution < -0.4 is 5.73 Å². The minimum atomic E-state index is -3.31. The largest absolute Gasteiger partial charge is 0.389 e. The van der Waals surface area contributed by atoms with Gasteiger partial charge in [0.1, 0.15) is 4.99 Å². The summed E-state index contributed by atoms with van der Waals surface area (Å²) in [6.07, 6.45) is 4.48. The third kappa shape index (κ3) is 6.54. The molecule has 0 aliphatic heterocycles. The highest BCUT2D eigenvalue weighted by Crippen LogP contribution is 2.12. The molecule has 0 bridgehead atoms. The monoisotopic (exact) mass is 329 g/mol. The van der Waals surface area contributed by atoms with E-state index in [9.17, 15) is 8.42 Å². The first-order valence-corrected chi connectivity index (χ1v) is 9.24. The van der Waals surface area contributed by atoms with Gasteiger partial charge in [-0.3, -0.25) is 0 Å². The van der Waals surface area contributed by atoms with Crippen LogP contribution >= 0.6 is 12.2 Å². The van der Waals surface area contributed by atoms with Crippen LogP contribution in [0.4, 0.5) is 0 Å². The van der Waals surface area contributed by atoms with E-state index in [2.05, 4.69) is 6.92 Å². The number of rotatable bonds is 10. The lowest BCUT2D eigenvalue weighted by atomic mass is 10.2. The van der Waals surface area contributed by atoms with Gasteiger partial charge in [0.15, 0.2) is 9.84 Å². The molecule has 0 heterocycles. The fraction of sp³-hybridized carbons (Fsp3) is 0.533. The van der Waals surface area contributed by atoms with E-state index in [1.54, 1.807) is 12.1 Å². The third-order valence-corrected chi connectivity index (χ3v) is 5.07. The summed E-state index contributed by atoms with van der Waals surface area (Å²) < 4.78 is 29.6. The molecule has 4 nitrogen and oxygen atoms in total. The van der Waals surface area contributed by atoms with Gasteiger partial charge in [0, 0.05) is 12.2 Å². The Labute approximate surface area is 132 Å². The van der Waals surface area contributed by atoms with Gasteiger partial charge in [-0.1, -0.05) is 50.5 Å². The van der Waals surface area contributed by atoms with Crippen LogP contribution in [0.3, 0.4) is 0 Å². The second-order valence-corrected chi connectivity index (χ2v) is 7.43. The molecule has 0 radical (unpaired) electrons. The van der Waals surface area contributed by atoms with Gasteiger partial charge in [-0.15, -0.1) is 0 Å². The highest BCUT2D eigenvalue weighted by molar-refractivity contribution is 7.91. The molecule has 0 spiro atoms. The van der Waals surface area contributed by atoms with Gasteiger partial charge in [0.25, 0.3) is 0 Å². The zero-order chi connectivity index (χ0) is 15.7. The van der Waals surface area contributed by atoms with Gasteiger partial charge in [-0.2, -0.15) is 0 Å². The molecule has 1 aromatic rings. The number of unbranched alkanes of at least 4 members (excludes halogenated alkanes) is 3. The lowest BCUT2D eigenvalue weighted by Crippen LogP contribution is -2.14. The van der Waals surface area contributed by atoms with Crippen molar-refractivity contribution < 1.29 is 13.2 Å². The molecule has 0 fully saturated rings. The van der Waals surface area contributed by atoms with Crippen LogP contribution in [0, 0.1) is 0 Å². The van der Waals surface area contributed by atoms with Crippen molar-refractivity contribution in [2.75, 3.05) is 19.0 Å². The molecule has 21 heavy (non-hydrogen) atoms. The van der Waals surface area contributed by atoms with E-state index in [1.807, 2.05) is 0 Å². The SMILES string of the molecule is CCCCCCOCCS(=O)(=O)c1ccc(C(N)=S)cc1. The first-order valence-electron chi connectivity index (χ1n) is 7.17. The van der Waals surface area contributed by atoms with E-state index >= 15 is 0 Å². The van der Waals surface area contributed by atoms with Crippen LogP contribution in [0.5, 0.6) is 0 Å². The molecular weight excluding hydrogens is 306 g/mol. The summed E-state index contributed by atoms with van der Waals surface area (Å²) in [6.45, 7) is 3.00. The van der Waals surface area contributed by atoms with Gasteiger partial charge in [0.2, 0.25) is 0 Å². The topological polar surface area (TPSA) is 69.4 Å². The van der Waals surface area contributed by atoms with Crippen LogP contribution in [-0.4, -0.2) is 32.4 Å². The average molecular weight is 329 g/mol. The predicted molar refractivity (Wildman–Crippen MR) is 89.3 cm³/mol. The summed E-state index contributed by atoms with van der Waals surface area (Å²) >= 11 is 4.84. The number of benzene rings is 1. The van der Waals surface area contributed by atoms with Crippen LogP contribution in [0.25, 0.3) is 0 Å². The van der Waals surface area contributed by atoms with Crippen molar-refractivity contribution in [2.24, 2.45) is 5.73 Å². The Kier molecular flexibility index (Phi) is 7.85. The van der Waals surface area contributed by atoms with Crippen molar-refractivity contribution in [2.45, 2.75) is 37.5 Å². The van der Waals surface area contributed by atoms with Crippen LogP contribution in [-0.2, 0) is 14.6 Å². The summed E-state index contributed by atoms with van der Waals surface area (Å²) in [7, 11) is -3.31. The molecule has 0 atom stereocenters. The van der Waals surface area contributed by atoms with Crippen molar-refractivity contribution in [3.63, 3.8) is 0 Å². The van der Waals surface area contributed by atoms with Gasteiger partial charge in [-0.25, -0.2) is 8.42 Å². The number of ether oxygens (including phenoxy) is 1. The molecule has 0 amide bonds. The Morgan fingerprint density at radius 1 is 1.14 bits per heavy atom. The summed E-state index contributed by atoms with van der Waals surface area (Å²) in [5.41, 5.74) is 6.15. The lowest BCUT2D eigenvalue weighted by molar-refractivity contribution is 0.144. The molecule has 0 aromatic heterocycles. The molecule has 6 heteroatoms.